The van der Waals surface area contributed by atoms with E-state index >= 15 is 0 Å². The Morgan fingerprint density at radius 2 is 1.55 bits per heavy atom. The predicted molar refractivity (Wildman–Crippen MR) is 154 cm³/mol. The Hall–Kier alpha value is -1.38. The molecule has 2 aliphatic carbocycles. The van der Waals surface area contributed by atoms with Crippen LogP contribution in [0.25, 0.3) is 21.9 Å². The van der Waals surface area contributed by atoms with Gasteiger partial charge in [0.2, 0.25) is 0 Å². The van der Waals surface area contributed by atoms with Crippen molar-refractivity contribution in [1.29, 1.82) is 0 Å². The van der Waals surface area contributed by atoms with Crippen LogP contribution < -0.4 is 24.8 Å². The number of aryl methyl sites for hydroxylation is 1. The molecule has 0 aromatic heterocycles. The summed E-state index contributed by atoms with van der Waals surface area (Å²) in [7, 11) is -1.15. The molecule has 3 aromatic rings. The molecule has 1 radical (unpaired) electrons. The number of nitrogens with zero attached hydrogens (tertiary/aromatic N) is 1. The van der Waals surface area contributed by atoms with E-state index in [0.717, 1.165) is 5.92 Å². The van der Waals surface area contributed by atoms with E-state index in [1.807, 2.05) is 0 Å². The van der Waals surface area contributed by atoms with Crippen molar-refractivity contribution in [3.8, 4) is 11.1 Å². The summed E-state index contributed by atoms with van der Waals surface area (Å²) in [6.45, 7) is 11.4. The second kappa shape index (κ2) is 12.0. The van der Waals surface area contributed by atoms with Gasteiger partial charge in [-0.1, -0.05) is 75.2 Å². The number of hydrogen-bond donors (Lipinski definition) is 0. The SMILES string of the molecule is CC1=NC2=C3C(C)=C(C2=C1)[Si]3(C)C.Cc1cc2c(-c3ccc(C4CCCCC4)cc3)cccc2[cH-]1.[Cl-].[Cl-].[Zr+3]. The summed E-state index contributed by atoms with van der Waals surface area (Å²) in [5.74, 6) is 0.791. The largest absolute Gasteiger partial charge is 3.00 e. The molecule has 3 aliphatic heterocycles. The number of benzene rings is 2. The summed E-state index contributed by atoms with van der Waals surface area (Å²) in [5, 5.41) is 6.01. The zero-order valence-electron chi connectivity index (χ0n) is 23.1. The molecule has 1 nitrogen and oxygen atoms in total. The van der Waals surface area contributed by atoms with Crippen molar-refractivity contribution >= 4 is 24.6 Å². The molecule has 0 unspecified atom stereocenters. The molecule has 2 bridgehead atoms. The summed E-state index contributed by atoms with van der Waals surface area (Å²) in [5.41, 5.74) is 11.1. The molecule has 38 heavy (non-hydrogen) atoms. The third kappa shape index (κ3) is 5.22. The van der Waals surface area contributed by atoms with Gasteiger partial charge in [0.25, 0.3) is 0 Å². The van der Waals surface area contributed by atoms with E-state index in [2.05, 4.69) is 99.5 Å². The second-order valence-corrected chi connectivity index (χ2v) is 15.7. The quantitative estimate of drug-likeness (QED) is 0.303. The van der Waals surface area contributed by atoms with Crippen LogP contribution in [0.1, 0.15) is 63.0 Å². The molecular weight excluding hydrogens is 601 g/mol. The standard InChI is InChI=1S/C22H23.C11H13NSi.2ClH.Zr/c1-16-14-20-8-5-9-21(22(20)15-16)19-12-10-18(11-13-19)17-6-3-2-4-7-17;1-6-5-8-9(12-6)11-7(2)10(8)13(11,3)4;;;/h5,8-15,17H,2-4,6-7H2,1H3;5H,1-4H3;2*1H;/q-1;;;;+3/p-2. The van der Waals surface area contributed by atoms with Gasteiger partial charge in [-0.25, -0.2) is 0 Å². The molecule has 0 atom stereocenters. The van der Waals surface area contributed by atoms with Gasteiger partial charge in [-0.3, -0.25) is 4.99 Å². The Labute approximate surface area is 260 Å². The molecule has 0 amide bonds. The van der Waals surface area contributed by atoms with E-state index in [0.29, 0.717) is 0 Å². The molecule has 3 heterocycles. The van der Waals surface area contributed by atoms with Crippen molar-refractivity contribution in [3.05, 3.63) is 99.0 Å². The third-order valence-electron chi connectivity index (χ3n) is 8.60. The number of rotatable bonds is 2. The van der Waals surface area contributed by atoms with Crippen molar-refractivity contribution in [2.45, 2.75) is 71.9 Å². The number of aliphatic imine (C=N–C) groups is 1. The first-order valence-electron chi connectivity index (χ1n) is 13.3. The van der Waals surface area contributed by atoms with E-state index in [9.17, 15) is 0 Å². The monoisotopic (exact) mass is 634 g/mol. The average molecular weight is 637 g/mol. The van der Waals surface area contributed by atoms with Gasteiger partial charge in [-0.2, -0.15) is 6.07 Å². The normalized spacial score (nSPS) is 18.8. The van der Waals surface area contributed by atoms with Crippen molar-refractivity contribution in [1.82, 2.24) is 0 Å². The minimum atomic E-state index is -1.15. The first-order chi connectivity index (χ1) is 16.8. The molecule has 0 N–H and O–H groups in total. The molecule has 0 saturated heterocycles. The van der Waals surface area contributed by atoms with Crippen LogP contribution in [0.5, 0.6) is 0 Å². The van der Waals surface area contributed by atoms with Gasteiger partial charge in [-0.15, -0.1) is 34.5 Å². The second-order valence-electron chi connectivity index (χ2n) is 11.5. The summed E-state index contributed by atoms with van der Waals surface area (Å²) < 4.78 is 0. The van der Waals surface area contributed by atoms with Crippen molar-refractivity contribution in [2.24, 2.45) is 4.99 Å². The molecule has 1 saturated carbocycles. The number of allylic oxidation sites excluding steroid dienone is 4. The van der Waals surface area contributed by atoms with Crippen LogP contribution >= 0.6 is 0 Å². The van der Waals surface area contributed by atoms with Crippen LogP contribution in [0.2, 0.25) is 13.1 Å². The minimum Gasteiger partial charge on any atom is -1.00 e. The van der Waals surface area contributed by atoms with E-state index in [1.54, 1.807) is 10.4 Å². The molecular formula is C33H36Cl2NSiZr. The van der Waals surface area contributed by atoms with Gasteiger partial charge in [-0.05, 0) is 65.8 Å². The van der Waals surface area contributed by atoms with Gasteiger partial charge in [0.05, 0.1) is 5.70 Å². The van der Waals surface area contributed by atoms with Crippen molar-refractivity contribution in [2.75, 3.05) is 0 Å². The third-order valence-corrected chi connectivity index (χ3v) is 12.4. The predicted octanol–water partition coefficient (Wildman–Crippen LogP) is 3.36. The number of halogens is 2. The minimum absolute atomic E-state index is 0. The average Bonchev–Trinajstić information content (AvgIpc) is 3.53. The number of fused-ring (bicyclic) bond motifs is 1. The molecule has 5 heteroatoms. The molecule has 1 fully saturated rings. The van der Waals surface area contributed by atoms with Crippen LogP contribution in [-0.2, 0) is 26.2 Å². The van der Waals surface area contributed by atoms with Gasteiger partial charge < -0.3 is 24.8 Å². The fraction of sp³-hybridized carbons (Fsp3) is 0.333. The topological polar surface area (TPSA) is 12.4 Å². The van der Waals surface area contributed by atoms with Gasteiger partial charge in [0.1, 0.15) is 8.07 Å². The molecule has 5 aliphatic rings. The Kier molecular flexibility index (Phi) is 9.85. The van der Waals surface area contributed by atoms with E-state index in [1.165, 1.54) is 87.7 Å². The van der Waals surface area contributed by atoms with E-state index in [4.69, 9.17) is 0 Å². The van der Waals surface area contributed by atoms with Gasteiger partial charge >= 0.3 is 26.2 Å². The Bertz CT molecular complexity index is 1460. The first-order valence-corrected chi connectivity index (χ1v) is 16.3. The van der Waals surface area contributed by atoms with Crippen LogP contribution in [0.3, 0.4) is 0 Å². The van der Waals surface area contributed by atoms with Crippen molar-refractivity contribution in [3.63, 3.8) is 0 Å². The summed E-state index contributed by atoms with van der Waals surface area (Å²) in [6.07, 6.45) is 9.22. The fourth-order valence-corrected chi connectivity index (χ4v) is 10.9. The smallest absolute Gasteiger partial charge is 1.00 e. The Morgan fingerprint density at radius 3 is 2.18 bits per heavy atom. The maximum atomic E-state index is 4.62. The summed E-state index contributed by atoms with van der Waals surface area (Å²) in [4.78, 5) is 4.62. The Balaban J connectivity index is 0.000000216. The Morgan fingerprint density at radius 1 is 0.868 bits per heavy atom. The van der Waals surface area contributed by atoms with Crippen molar-refractivity contribution < 1.29 is 51.0 Å². The molecule has 0 spiro atoms. The summed E-state index contributed by atoms with van der Waals surface area (Å²) >= 11 is 0. The van der Waals surface area contributed by atoms with Gasteiger partial charge in [0.15, 0.2) is 0 Å². The summed E-state index contributed by atoms with van der Waals surface area (Å²) in [6, 6.07) is 20.6. The zero-order valence-corrected chi connectivity index (χ0v) is 28.1. The van der Waals surface area contributed by atoms with Crippen LogP contribution in [0.4, 0.5) is 0 Å². The maximum absolute atomic E-state index is 4.62. The fourth-order valence-electron chi connectivity index (χ4n) is 7.07. The number of hydrogen-bond acceptors (Lipinski definition) is 1. The van der Waals surface area contributed by atoms with E-state index < -0.39 is 8.07 Å². The van der Waals surface area contributed by atoms with Crippen LogP contribution in [0, 0.1) is 6.92 Å². The molecule has 195 valence electrons. The molecule has 3 aromatic carbocycles. The maximum Gasteiger partial charge on any atom is 3.00 e. The van der Waals surface area contributed by atoms with Gasteiger partial charge in [0, 0.05) is 11.3 Å². The first kappa shape index (κ1) is 31.2. The zero-order chi connectivity index (χ0) is 24.3. The molecule has 8 rings (SSSR count). The van der Waals surface area contributed by atoms with Crippen LogP contribution in [0.15, 0.2) is 92.9 Å². The van der Waals surface area contributed by atoms with Crippen LogP contribution in [-0.4, -0.2) is 13.8 Å². The van der Waals surface area contributed by atoms with E-state index in [-0.39, 0.29) is 51.0 Å².